The lowest BCUT2D eigenvalue weighted by Crippen LogP contribution is -2.41. The first-order valence-electron chi connectivity index (χ1n) is 8.14. The van der Waals surface area contributed by atoms with Gasteiger partial charge in [0, 0.05) is 19.1 Å². The fraction of sp³-hybridized carbons (Fsp3) is 0.316. The molecule has 0 spiro atoms. The van der Waals surface area contributed by atoms with Crippen LogP contribution in [-0.2, 0) is 12.8 Å². The van der Waals surface area contributed by atoms with Gasteiger partial charge in [0.1, 0.15) is 0 Å². The summed E-state index contributed by atoms with van der Waals surface area (Å²) in [6, 6.07) is 15.6. The van der Waals surface area contributed by atoms with E-state index in [2.05, 4.69) is 34.9 Å². The summed E-state index contributed by atoms with van der Waals surface area (Å²) in [5.74, 6) is -0.270. The van der Waals surface area contributed by atoms with Gasteiger partial charge < -0.3 is 15.7 Å². The SMILES string of the molecule is O=C(NCC(O)CNC1Cc2ccccc2C1)c1ccccc1Cl. The molecule has 2 aromatic rings. The van der Waals surface area contributed by atoms with E-state index >= 15 is 0 Å². The van der Waals surface area contributed by atoms with Gasteiger partial charge in [0.05, 0.1) is 16.7 Å². The van der Waals surface area contributed by atoms with Gasteiger partial charge in [-0.25, -0.2) is 0 Å². The van der Waals surface area contributed by atoms with Crippen LogP contribution in [0.1, 0.15) is 21.5 Å². The maximum Gasteiger partial charge on any atom is 0.252 e. The zero-order valence-corrected chi connectivity index (χ0v) is 14.1. The Bertz CT molecular complexity index is 695. The summed E-state index contributed by atoms with van der Waals surface area (Å²) in [5, 5.41) is 16.6. The highest BCUT2D eigenvalue weighted by Crippen LogP contribution is 2.21. The lowest BCUT2D eigenvalue weighted by atomic mass is 10.1. The molecule has 0 aliphatic heterocycles. The van der Waals surface area contributed by atoms with Crippen LogP contribution in [0.5, 0.6) is 0 Å². The summed E-state index contributed by atoms with van der Waals surface area (Å²) in [6.07, 6.45) is 1.32. The van der Waals surface area contributed by atoms with Gasteiger partial charge in [-0.2, -0.15) is 0 Å². The van der Waals surface area contributed by atoms with Gasteiger partial charge in [0.15, 0.2) is 0 Å². The molecule has 5 heteroatoms. The molecule has 1 aliphatic rings. The molecule has 1 unspecified atom stereocenters. The van der Waals surface area contributed by atoms with Crippen LogP contribution in [0.15, 0.2) is 48.5 Å². The van der Waals surface area contributed by atoms with Crippen molar-refractivity contribution in [1.82, 2.24) is 10.6 Å². The van der Waals surface area contributed by atoms with Crippen LogP contribution in [0.25, 0.3) is 0 Å². The molecule has 0 heterocycles. The second-order valence-electron chi connectivity index (χ2n) is 6.13. The number of aliphatic hydroxyl groups is 1. The Labute approximate surface area is 146 Å². The van der Waals surface area contributed by atoms with E-state index in [0.29, 0.717) is 23.2 Å². The van der Waals surface area contributed by atoms with Crippen LogP contribution in [0, 0.1) is 0 Å². The first-order chi connectivity index (χ1) is 11.6. The molecule has 0 fully saturated rings. The Kier molecular flexibility index (Phi) is 5.51. The van der Waals surface area contributed by atoms with Crippen molar-refractivity contribution in [3.8, 4) is 0 Å². The second-order valence-corrected chi connectivity index (χ2v) is 6.53. The van der Waals surface area contributed by atoms with Crippen molar-refractivity contribution in [2.75, 3.05) is 13.1 Å². The van der Waals surface area contributed by atoms with Gasteiger partial charge >= 0.3 is 0 Å². The van der Waals surface area contributed by atoms with E-state index < -0.39 is 6.10 Å². The second kappa shape index (κ2) is 7.79. The third kappa shape index (κ3) is 4.15. The van der Waals surface area contributed by atoms with Gasteiger partial charge in [0.2, 0.25) is 0 Å². The van der Waals surface area contributed by atoms with Gasteiger partial charge in [-0.15, -0.1) is 0 Å². The van der Waals surface area contributed by atoms with Crippen molar-refractivity contribution >= 4 is 17.5 Å². The predicted molar refractivity (Wildman–Crippen MR) is 95.4 cm³/mol. The summed E-state index contributed by atoms with van der Waals surface area (Å²) in [6.45, 7) is 0.637. The predicted octanol–water partition coefficient (Wildman–Crippen LogP) is 2.19. The Morgan fingerprint density at radius 3 is 2.38 bits per heavy atom. The summed E-state index contributed by atoms with van der Waals surface area (Å²) in [5.41, 5.74) is 3.17. The van der Waals surface area contributed by atoms with Crippen molar-refractivity contribution in [2.24, 2.45) is 0 Å². The van der Waals surface area contributed by atoms with Crippen LogP contribution in [0.4, 0.5) is 0 Å². The number of carbonyl (C=O) groups is 1. The van der Waals surface area contributed by atoms with Crippen molar-refractivity contribution in [3.05, 3.63) is 70.2 Å². The smallest absolute Gasteiger partial charge is 0.252 e. The standard InChI is InChI=1S/C19H21ClN2O2/c20-18-8-4-3-7-17(18)19(24)22-12-16(23)11-21-15-9-13-5-1-2-6-14(13)10-15/h1-8,15-16,21,23H,9-12H2,(H,22,24). The molecule has 3 N–H and O–H groups in total. The molecule has 4 nitrogen and oxygen atoms in total. The Morgan fingerprint density at radius 1 is 1.08 bits per heavy atom. The molecule has 1 amide bonds. The Balaban J connectivity index is 1.41. The molecule has 0 radical (unpaired) electrons. The molecular weight excluding hydrogens is 324 g/mol. The summed E-state index contributed by atoms with van der Waals surface area (Å²) >= 11 is 5.99. The average Bonchev–Trinajstić information content (AvgIpc) is 3.01. The van der Waals surface area contributed by atoms with Crippen molar-refractivity contribution in [3.63, 3.8) is 0 Å². The van der Waals surface area contributed by atoms with Crippen LogP contribution in [0.2, 0.25) is 5.02 Å². The van der Waals surface area contributed by atoms with Crippen molar-refractivity contribution in [2.45, 2.75) is 25.0 Å². The molecule has 24 heavy (non-hydrogen) atoms. The zero-order chi connectivity index (χ0) is 16.9. The van der Waals surface area contributed by atoms with E-state index in [-0.39, 0.29) is 12.5 Å². The van der Waals surface area contributed by atoms with E-state index in [4.69, 9.17) is 11.6 Å². The third-order valence-corrected chi connectivity index (χ3v) is 4.64. The molecule has 2 aromatic carbocycles. The molecule has 3 rings (SSSR count). The summed E-state index contributed by atoms with van der Waals surface area (Å²) in [7, 11) is 0. The van der Waals surface area contributed by atoms with Crippen LogP contribution >= 0.6 is 11.6 Å². The highest BCUT2D eigenvalue weighted by molar-refractivity contribution is 6.33. The number of carbonyl (C=O) groups excluding carboxylic acids is 1. The third-order valence-electron chi connectivity index (χ3n) is 4.31. The van der Waals surface area contributed by atoms with Crippen molar-refractivity contribution < 1.29 is 9.90 Å². The van der Waals surface area contributed by atoms with E-state index in [1.807, 2.05) is 0 Å². The van der Waals surface area contributed by atoms with Gasteiger partial charge in [0.25, 0.3) is 5.91 Å². The number of halogens is 1. The largest absolute Gasteiger partial charge is 0.390 e. The van der Waals surface area contributed by atoms with Gasteiger partial charge in [-0.1, -0.05) is 48.0 Å². The minimum atomic E-state index is -0.639. The average molecular weight is 345 g/mol. The lowest BCUT2D eigenvalue weighted by molar-refractivity contribution is 0.0914. The number of nitrogens with one attached hydrogen (secondary N) is 2. The number of benzene rings is 2. The Hall–Kier alpha value is -1.88. The molecule has 1 atom stereocenters. The number of rotatable bonds is 6. The fourth-order valence-electron chi connectivity index (χ4n) is 3.03. The monoisotopic (exact) mass is 344 g/mol. The molecule has 0 saturated carbocycles. The number of hydrogen-bond donors (Lipinski definition) is 3. The molecule has 0 aromatic heterocycles. The first kappa shape index (κ1) is 17.0. The quantitative estimate of drug-likeness (QED) is 0.752. The van der Waals surface area contributed by atoms with E-state index in [0.717, 1.165) is 12.8 Å². The maximum absolute atomic E-state index is 12.1. The van der Waals surface area contributed by atoms with Crippen LogP contribution in [-0.4, -0.2) is 36.2 Å². The van der Waals surface area contributed by atoms with E-state index in [1.54, 1.807) is 24.3 Å². The molecular formula is C19H21ClN2O2. The number of fused-ring (bicyclic) bond motifs is 1. The highest BCUT2D eigenvalue weighted by Gasteiger charge is 2.21. The topological polar surface area (TPSA) is 61.4 Å². The normalized spacial score (nSPS) is 15.1. The van der Waals surface area contributed by atoms with Gasteiger partial charge in [-0.05, 0) is 36.1 Å². The number of hydrogen-bond acceptors (Lipinski definition) is 3. The van der Waals surface area contributed by atoms with E-state index in [9.17, 15) is 9.90 Å². The lowest BCUT2D eigenvalue weighted by Gasteiger charge is -2.17. The van der Waals surface area contributed by atoms with E-state index in [1.165, 1.54) is 11.1 Å². The van der Waals surface area contributed by atoms with Crippen LogP contribution < -0.4 is 10.6 Å². The highest BCUT2D eigenvalue weighted by atomic mass is 35.5. The summed E-state index contributed by atoms with van der Waals surface area (Å²) < 4.78 is 0. The minimum Gasteiger partial charge on any atom is -0.390 e. The van der Waals surface area contributed by atoms with Crippen molar-refractivity contribution in [1.29, 1.82) is 0 Å². The molecule has 126 valence electrons. The number of amides is 1. The Morgan fingerprint density at radius 2 is 1.71 bits per heavy atom. The first-order valence-corrected chi connectivity index (χ1v) is 8.52. The fourth-order valence-corrected chi connectivity index (χ4v) is 3.25. The zero-order valence-electron chi connectivity index (χ0n) is 13.3. The van der Waals surface area contributed by atoms with Gasteiger partial charge in [-0.3, -0.25) is 4.79 Å². The molecule has 1 aliphatic carbocycles. The summed E-state index contributed by atoms with van der Waals surface area (Å²) in [4.78, 5) is 12.1. The molecule has 0 saturated heterocycles. The minimum absolute atomic E-state index is 0.191. The van der Waals surface area contributed by atoms with Crippen LogP contribution in [0.3, 0.4) is 0 Å². The number of aliphatic hydroxyl groups excluding tert-OH is 1. The molecule has 0 bridgehead atoms. The maximum atomic E-state index is 12.1.